The second kappa shape index (κ2) is 2.68. The third-order valence-corrected chi connectivity index (χ3v) is 1.61. The molecule has 0 atom stereocenters. The summed E-state index contributed by atoms with van der Waals surface area (Å²) < 4.78 is 7.88. The summed E-state index contributed by atoms with van der Waals surface area (Å²) in [6.07, 6.45) is 0. The Morgan fingerprint density at radius 2 is 1.86 bits per heavy atom. The first-order valence-electron chi connectivity index (χ1n) is 2.32. The van der Waals surface area contributed by atoms with E-state index in [-0.39, 0.29) is 0 Å². The SMILES string of the molecule is [Se-][O+]1CCOCC1. The quantitative estimate of drug-likeness (QED) is 0.355. The molecular weight excluding hydrogens is 159 g/mol. The Morgan fingerprint density at radius 3 is 2.14 bits per heavy atom. The molecule has 1 rings (SSSR count). The number of hydrogen-bond donors (Lipinski definition) is 0. The van der Waals surface area contributed by atoms with Gasteiger partial charge in [-0.05, 0) is 0 Å². The molecule has 0 unspecified atom stereocenters. The van der Waals surface area contributed by atoms with Gasteiger partial charge < -0.3 is 0 Å². The Labute approximate surface area is 51.6 Å². The minimum absolute atomic E-state index is 0.845. The molecule has 0 bridgehead atoms. The van der Waals surface area contributed by atoms with Crippen LogP contribution in [0.5, 0.6) is 0 Å². The Morgan fingerprint density at radius 1 is 1.29 bits per heavy atom. The van der Waals surface area contributed by atoms with Crippen LogP contribution in [-0.2, 0) is 8.19 Å². The van der Waals surface area contributed by atoms with Crippen molar-refractivity contribution in [1.82, 2.24) is 0 Å². The fourth-order valence-electron chi connectivity index (χ4n) is 0.508. The maximum absolute atomic E-state index is 5.06. The third kappa shape index (κ3) is 1.78. The van der Waals surface area contributed by atoms with Crippen molar-refractivity contribution in [2.75, 3.05) is 26.4 Å². The van der Waals surface area contributed by atoms with Gasteiger partial charge in [-0.25, -0.2) is 0 Å². The fraction of sp³-hybridized carbons (Fsp3) is 1.00. The first kappa shape index (κ1) is 5.57. The zero-order chi connectivity index (χ0) is 5.11. The van der Waals surface area contributed by atoms with Crippen LogP contribution in [0.4, 0.5) is 0 Å². The van der Waals surface area contributed by atoms with Crippen LogP contribution in [0, 0.1) is 0 Å². The summed E-state index contributed by atoms with van der Waals surface area (Å²) in [7, 11) is 0. The summed E-state index contributed by atoms with van der Waals surface area (Å²) in [4.78, 5) is 0. The van der Waals surface area contributed by atoms with Crippen LogP contribution >= 0.6 is 0 Å². The monoisotopic (exact) mass is 168 g/mol. The van der Waals surface area contributed by atoms with Crippen LogP contribution in [0.3, 0.4) is 0 Å². The summed E-state index contributed by atoms with van der Waals surface area (Å²) in [6, 6.07) is 0. The van der Waals surface area contributed by atoms with Gasteiger partial charge in [-0.3, -0.25) is 0 Å². The molecule has 3 heteroatoms. The average Bonchev–Trinajstić information content (AvgIpc) is 1.69. The molecule has 0 amide bonds. The Kier molecular flexibility index (Phi) is 2.13. The van der Waals surface area contributed by atoms with Gasteiger partial charge in [0, 0.05) is 0 Å². The molecule has 0 radical (unpaired) electrons. The molecule has 1 aliphatic heterocycles. The molecule has 2 nitrogen and oxygen atoms in total. The Bertz CT molecular complexity index is 51.7. The van der Waals surface area contributed by atoms with Crippen LogP contribution in [0.2, 0.25) is 0 Å². The summed E-state index contributed by atoms with van der Waals surface area (Å²) in [5, 5.41) is 0. The molecule has 0 spiro atoms. The molecule has 0 aromatic rings. The molecule has 0 aromatic carbocycles. The molecule has 0 aliphatic carbocycles. The maximum atomic E-state index is 5.06. The summed E-state index contributed by atoms with van der Waals surface area (Å²) in [6.45, 7) is 3.61. The third-order valence-electron chi connectivity index (χ3n) is 0.911. The summed E-state index contributed by atoms with van der Waals surface area (Å²) in [5.41, 5.74) is 0. The van der Waals surface area contributed by atoms with Gasteiger partial charge in [0.2, 0.25) is 0 Å². The predicted molar refractivity (Wildman–Crippen MR) is 27.4 cm³/mol. The number of hydrogen-bond acceptors (Lipinski definition) is 1. The normalized spacial score (nSPS) is 25.3. The first-order chi connectivity index (χ1) is 3.39. The zero-order valence-corrected chi connectivity index (χ0v) is 5.77. The minimum atomic E-state index is 0.845. The molecule has 0 N–H and O–H groups in total. The van der Waals surface area contributed by atoms with Gasteiger partial charge in [-0.2, -0.15) is 0 Å². The van der Waals surface area contributed by atoms with E-state index in [0.29, 0.717) is 0 Å². The molecule has 7 heavy (non-hydrogen) atoms. The molecule has 1 saturated heterocycles. The van der Waals surface area contributed by atoms with Crippen molar-refractivity contribution in [3.63, 3.8) is 0 Å². The van der Waals surface area contributed by atoms with Gasteiger partial charge in [0.05, 0.1) is 0 Å². The summed E-state index contributed by atoms with van der Waals surface area (Å²) >= 11 is 2.85. The van der Waals surface area contributed by atoms with E-state index in [1.165, 1.54) is 0 Å². The van der Waals surface area contributed by atoms with E-state index in [0.717, 1.165) is 26.4 Å². The predicted octanol–water partition coefficient (Wildman–Crippen LogP) is -0.348. The van der Waals surface area contributed by atoms with Crippen molar-refractivity contribution >= 4 is 16.3 Å². The van der Waals surface area contributed by atoms with Gasteiger partial charge in [0.1, 0.15) is 0 Å². The van der Waals surface area contributed by atoms with E-state index in [1.807, 2.05) is 0 Å². The van der Waals surface area contributed by atoms with Crippen LogP contribution in [-0.4, -0.2) is 42.8 Å². The van der Waals surface area contributed by atoms with Crippen LogP contribution in [0.25, 0.3) is 0 Å². The van der Waals surface area contributed by atoms with Crippen LogP contribution in [0.1, 0.15) is 0 Å². The molecule has 0 aromatic heterocycles. The Balaban J connectivity index is 2.12. The van der Waals surface area contributed by atoms with E-state index < -0.39 is 0 Å². The second-order valence-electron chi connectivity index (χ2n) is 1.46. The van der Waals surface area contributed by atoms with Gasteiger partial charge in [0.15, 0.2) is 0 Å². The average molecular weight is 167 g/mol. The van der Waals surface area contributed by atoms with Gasteiger partial charge in [-0.15, -0.1) is 0 Å². The van der Waals surface area contributed by atoms with Crippen molar-refractivity contribution in [2.24, 2.45) is 0 Å². The van der Waals surface area contributed by atoms with Crippen molar-refractivity contribution in [1.29, 1.82) is 0 Å². The van der Waals surface area contributed by atoms with Crippen molar-refractivity contribution in [2.45, 2.75) is 0 Å². The molecular formula is C4H8O2Se. The van der Waals surface area contributed by atoms with E-state index in [9.17, 15) is 0 Å². The fourth-order valence-corrected chi connectivity index (χ4v) is 0.793. The molecule has 1 fully saturated rings. The van der Waals surface area contributed by atoms with E-state index in [4.69, 9.17) is 4.74 Å². The number of rotatable bonds is 0. The van der Waals surface area contributed by atoms with Crippen molar-refractivity contribution in [3.05, 3.63) is 0 Å². The van der Waals surface area contributed by atoms with Crippen molar-refractivity contribution in [3.8, 4) is 0 Å². The van der Waals surface area contributed by atoms with Gasteiger partial charge >= 0.3 is 51.0 Å². The van der Waals surface area contributed by atoms with Crippen LogP contribution in [0.15, 0.2) is 0 Å². The molecule has 1 aliphatic rings. The van der Waals surface area contributed by atoms with Gasteiger partial charge in [-0.1, -0.05) is 0 Å². The zero-order valence-electron chi connectivity index (χ0n) is 4.05. The molecule has 0 saturated carbocycles. The van der Waals surface area contributed by atoms with E-state index in [1.54, 1.807) is 0 Å². The van der Waals surface area contributed by atoms with Gasteiger partial charge in [0.25, 0.3) is 0 Å². The molecule has 42 valence electrons. The van der Waals surface area contributed by atoms with Crippen molar-refractivity contribution < 1.29 is 8.19 Å². The summed E-state index contributed by atoms with van der Waals surface area (Å²) in [5.74, 6) is 0. The van der Waals surface area contributed by atoms with Crippen LogP contribution < -0.4 is 0 Å². The molecule has 1 heterocycles. The standard InChI is InChI=1S/C4H8O2Se/c7-6-3-1-5-2-4-6/h1-4H2. The first-order valence-corrected chi connectivity index (χ1v) is 3.02. The van der Waals surface area contributed by atoms with E-state index >= 15 is 0 Å². The second-order valence-corrected chi connectivity index (χ2v) is 2.45. The number of ether oxygens (including phenoxy) is 1. The van der Waals surface area contributed by atoms with E-state index in [2.05, 4.69) is 19.8 Å². The Hall–Kier alpha value is 0.439. The topological polar surface area (TPSA) is 11.9 Å².